The second kappa shape index (κ2) is 6.66. The van der Waals surface area contributed by atoms with Crippen molar-refractivity contribution in [3.05, 3.63) is 16.5 Å². The van der Waals surface area contributed by atoms with Crippen LogP contribution in [0.5, 0.6) is 0 Å². The summed E-state index contributed by atoms with van der Waals surface area (Å²) in [6.07, 6.45) is 1.23. The van der Waals surface area contributed by atoms with E-state index in [4.69, 9.17) is 4.98 Å². The zero-order valence-corrected chi connectivity index (χ0v) is 13.7. The number of halogens is 1. The van der Waals surface area contributed by atoms with Crippen LogP contribution >= 0.6 is 15.9 Å². The molecule has 1 aromatic heterocycles. The largest absolute Gasteiger partial charge is 0.354 e. The fraction of sp³-hybridized carbons (Fsp3) is 0.714. The summed E-state index contributed by atoms with van der Waals surface area (Å²) in [7, 11) is 0. The first-order valence-corrected chi connectivity index (χ1v) is 7.91. The summed E-state index contributed by atoms with van der Waals surface area (Å²) < 4.78 is 0.886. The second-order valence-corrected chi connectivity index (χ2v) is 6.20. The number of hydrogen-bond donors (Lipinski definition) is 0. The fourth-order valence-electron chi connectivity index (χ4n) is 2.36. The molecule has 106 valence electrons. The summed E-state index contributed by atoms with van der Waals surface area (Å²) in [6, 6.07) is 2.03. The van der Waals surface area contributed by atoms with Gasteiger partial charge in [0.25, 0.3) is 0 Å². The lowest BCUT2D eigenvalue weighted by molar-refractivity contribution is 0.258. The van der Waals surface area contributed by atoms with Crippen molar-refractivity contribution in [1.29, 1.82) is 0 Å². The van der Waals surface area contributed by atoms with Crippen molar-refractivity contribution < 1.29 is 0 Å². The average Bonchev–Trinajstić information content (AvgIpc) is 2.39. The standard InChI is InChI=1S/C14H23BrN4/c1-4-5-18-6-8-19(9-7-18)13-10-12(15)16-14(17-13)11(2)3/h10-11H,4-9H2,1-3H3. The van der Waals surface area contributed by atoms with Crippen molar-refractivity contribution >= 4 is 21.7 Å². The van der Waals surface area contributed by atoms with E-state index in [9.17, 15) is 0 Å². The third-order valence-corrected chi connectivity index (χ3v) is 3.86. The average molecular weight is 327 g/mol. The Hall–Kier alpha value is -0.680. The highest BCUT2D eigenvalue weighted by atomic mass is 79.9. The molecule has 1 fully saturated rings. The van der Waals surface area contributed by atoms with Gasteiger partial charge in [-0.25, -0.2) is 9.97 Å². The zero-order valence-electron chi connectivity index (χ0n) is 12.1. The number of aromatic nitrogens is 2. The maximum absolute atomic E-state index is 4.69. The topological polar surface area (TPSA) is 32.3 Å². The molecule has 0 aliphatic carbocycles. The highest BCUT2D eigenvalue weighted by molar-refractivity contribution is 9.10. The highest BCUT2D eigenvalue weighted by Crippen LogP contribution is 2.21. The van der Waals surface area contributed by atoms with Crippen molar-refractivity contribution in [2.24, 2.45) is 0 Å². The van der Waals surface area contributed by atoms with Crippen LogP contribution in [0.4, 0.5) is 5.82 Å². The van der Waals surface area contributed by atoms with E-state index in [2.05, 4.69) is 51.5 Å². The molecule has 5 heteroatoms. The molecule has 0 atom stereocenters. The smallest absolute Gasteiger partial charge is 0.134 e. The molecule has 0 N–H and O–H groups in total. The molecule has 2 rings (SSSR count). The summed E-state index contributed by atoms with van der Waals surface area (Å²) in [5.41, 5.74) is 0. The second-order valence-electron chi connectivity index (χ2n) is 5.39. The number of piperazine rings is 1. The normalized spacial score (nSPS) is 17.2. The third-order valence-electron chi connectivity index (χ3n) is 3.45. The lowest BCUT2D eigenvalue weighted by atomic mass is 10.2. The number of rotatable bonds is 4. The zero-order chi connectivity index (χ0) is 13.8. The molecule has 0 unspecified atom stereocenters. The summed E-state index contributed by atoms with van der Waals surface area (Å²) in [5, 5.41) is 0. The molecule has 0 saturated carbocycles. The summed E-state index contributed by atoms with van der Waals surface area (Å²) in [4.78, 5) is 14.0. The maximum Gasteiger partial charge on any atom is 0.134 e. The van der Waals surface area contributed by atoms with Gasteiger partial charge in [0.2, 0.25) is 0 Å². The van der Waals surface area contributed by atoms with Crippen LogP contribution in [0.1, 0.15) is 38.9 Å². The Morgan fingerprint density at radius 3 is 2.47 bits per heavy atom. The van der Waals surface area contributed by atoms with E-state index in [1.54, 1.807) is 0 Å². The van der Waals surface area contributed by atoms with Crippen molar-refractivity contribution in [2.75, 3.05) is 37.6 Å². The quantitative estimate of drug-likeness (QED) is 0.796. The van der Waals surface area contributed by atoms with E-state index in [-0.39, 0.29) is 0 Å². The van der Waals surface area contributed by atoms with Crippen LogP contribution in [-0.4, -0.2) is 47.6 Å². The van der Waals surface area contributed by atoms with Gasteiger partial charge in [-0.2, -0.15) is 0 Å². The van der Waals surface area contributed by atoms with Gasteiger partial charge in [0.15, 0.2) is 0 Å². The Morgan fingerprint density at radius 1 is 1.21 bits per heavy atom. The van der Waals surface area contributed by atoms with Crippen LogP contribution in [0, 0.1) is 0 Å². The number of hydrogen-bond acceptors (Lipinski definition) is 4. The molecular weight excluding hydrogens is 304 g/mol. The molecule has 4 nitrogen and oxygen atoms in total. The van der Waals surface area contributed by atoms with Crippen LogP contribution in [0.15, 0.2) is 10.7 Å². The minimum absolute atomic E-state index is 0.359. The first kappa shape index (κ1) is 14.7. The van der Waals surface area contributed by atoms with Gasteiger partial charge in [-0.05, 0) is 28.9 Å². The van der Waals surface area contributed by atoms with Crippen molar-refractivity contribution in [3.63, 3.8) is 0 Å². The van der Waals surface area contributed by atoms with Crippen molar-refractivity contribution in [3.8, 4) is 0 Å². The van der Waals surface area contributed by atoms with Gasteiger partial charge in [-0.15, -0.1) is 0 Å². The Balaban J connectivity index is 2.06. The monoisotopic (exact) mass is 326 g/mol. The van der Waals surface area contributed by atoms with E-state index in [1.165, 1.54) is 13.0 Å². The van der Waals surface area contributed by atoms with Gasteiger partial charge < -0.3 is 4.90 Å². The van der Waals surface area contributed by atoms with Crippen LogP contribution < -0.4 is 4.90 Å². The molecule has 1 aromatic rings. The Kier molecular flexibility index (Phi) is 5.16. The number of nitrogens with zero attached hydrogens (tertiary/aromatic N) is 4. The highest BCUT2D eigenvalue weighted by Gasteiger charge is 2.18. The van der Waals surface area contributed by atoms with Crippen LogP contribution in [0.25, 0.3) is 0 Å². The Morgan fingerprint density at radius 2 is 1.89 bits per heavy atom. The molecular formula is C14H23BrN4. The fourth-order valence-corrected chi connectivity index (χ4v) is 2.75. The number of anilines is 1. The van der Waals surface area contributed by atoms with Crippen molar-refractivity contribution in [1.82, 2.24) is 14.9 Å². The molecule has 0 bridgehead atoms. The van der Waals surface area contributed by atoms with Gasteiger partial charge in [0, 0.05) is 38.2 Å². The molecule has 1 aliphatic heterocycles. The van der Waals surface area contributed by atoms with E-state index in [0.717, 1.165) is 42.4 Å². The first-order chi connectivity index (χ1) is 9.10. The predicted molar refractivity (Wildman–Crippen MR) is 82.8 cm³/mol. The lowest BCUT2D eigenvalue weighted by Crippen LogP contribution is -2.46. The van der Waals surface area contributed by atoms with Gasteiger partial charge in [0.05, 0.1) is 0 Å². The summed E-state index contributed by atoms with van der Waals surface area (Å²) in [5.74, 6) is 2.33. The van der Waals surface area contributed by atoms with Crippen molar-refractivity contribution in [2.45, 2.75) is 33.1 Å². The lowest BCUT2D eigenvalue weighted by Gasteiger charge is -2.35. The van der Waals surface area contributed by atoms with E-state index in [1.807, 2.05) is 6.07 Å². The Bertz CT molecular complexity index is 414. The van der Waals surface area contributed by atoms with Gasteiger partial charge in [-0.1, -0.05) is 20.8 Å². The molecule has 0 amide bonds. The maximum atomic E-state index is 4.69. The molecule has 2 heterocycles. The summed E-state index contributed by atoms with van der Waals surface area (Å²) >= 11 is 3.50. The molecule has 0 aromatic carbocycles. The van der Waals surface area contributed by atoms with Gasteiger partial charge in [0.1, 0.15) is 16.2 Å². The SMILES string of the molecule is CCCN1CCN(c2cc(Br)nc(C(C)C)n2)CC1. The van der Waals surface area contributed by atoms with Crippen LogP contribution in [-0.2, 0) is 0 Å². The molecule has 1 saturated heterocycles. The molecule has 19 heavy (non-hydrogen) atoms. The minimum Gasteiger partial charge on any atom is -0.354 e. The van der Waals surface area contributed by atoms with Gasteiger partial charge in [-0.3, -0.25) is 4.90 Å². The van der Waals surface area contributed by atoms with Crippen LogP contribution in [0.2, 0.25) is 0 Å². The van der Waals surface area contributed by atoms with Crippen LogP contribution in [0.3, 0.4) is 0 Å². The van der Waals surface area contributed by atoms with E-state index < -0.39 is 0 Å². The molecule has 1 aliphatic rings. The first-order valence-electron chi connectivity index (χ1n) is 7.12. The minimum atomic E-state index is 0.359. The van der Waals surface area contributed by atoms with E-state index in [0.29, 0.717) is 5.92 Å². The molecule has 0 radical (unpaired) electrons. The predicted octanol–water partition coefficient (Wildman–Crippen LogP) is 2.89. The van der Waals surface area contributed by atoms with Gasteiger partial charge >= 0.3 is 0 Å². The molecule has 0 spiro atoms. The third kappa shape index (κ3) is 3.89. The Labute approximate surface area is 124 Å². The summed E-state index contributed by atoms with van der Waals surface area (Å²) in [6.45, 7) is 12.1. The van der Waals surface area contributed by atoms with E-state index >= 15 is 0 Å².